The molecule has 4 rings (SSSR count). The number of hydrogen-bond acceptors (Lipinski definition) is 6. The highest BCUT2D eigenvalue weighted by molar-refractivity contribution is 5.61. The van der Waals surface area contributed by atoms with Gasteiger partial charge in [0, 0.05) is 30.3 Å². The molecular weight excluding hydrogens is 346 g/mol. The summed E-state index contributed by atoms with van der Waals surface area (Å²) in [6, 6.07) is 6.27. The molecule has 1 N–H and O–H groups in total. The zero-order chi connectivity index (χ0) is 19.1. The van der Waals surface area contributed by atoms with Crippen LogP contribution in [0.1, 0.15) is 28.3 Å². The second-order valence-electron chi connectivity index (χ2n) is 6.91. The Bertz CT molecular complexity index is 880. The van der Waals surface area contributed by atoms with Gasteiger partial charge in [0.15, 0.2) is 23.0 Å². The minimum atomic E-state index is 0.185. The van der Waals surface area contributed by atoms with Crippen LogP contribution in [-0.4, -0.2) is 45.0 Å². The van der Waals surface area contributed by atoms with Gasteiger partial charge in [-0.25, -0.2) is 0 Å². The second-order valence-corrected chi connectivity index (χ2v) is 6.91. The van der Waals surface area contributed by atoms with Crippen molar-refractivity contribution in [1.82, 2.24) is 4.90 Å². The van der Waals surface area contributed by atoms with Gasteiger partial charge in [0.2, 0.25) is 5.75 Å². The normalized spacial score (nSPS) is 18.1. The van der Waals surface area contributed by atoms with E-state index in [1.807, 2.05) is 12.1 Å². The lowest BCUT2D eigenvalue weighted by atomic mass is 9.83. The first-order valence-corrected chi connectivity index (χ1v) is 9.06. The number of benzene rings is 2. The van der Waals surface area contributed by atoms with Gasteiger partial charge in [-0.05, 0) is 36.1 Å². The summed E-state index contributed by atoms with van der Waals surface area (Å²) in [5, 5.41) is 10.7. The molecule has 2 aromatic carbocycles. The van der Waals surface area contributed by atoms with Gasteiger partial charge in [-0.1, -0.05) is 6.07 Å². The van der Waals surface area contributed by atoms with Gasteiger partial charge in [0.05, 0.1) is 28.4 Å². The molecule has 0 unspecified atom stereocenters. The molecule has 144 valence electrons. The predicted octanol–water partition coefficient (Wildman–Crippen LogP) is 3.08. The van der Waals surface area contributed by atoms with E-state index in [9.17, 15) is 5.11 Å². The van der Waals surface area contributed by atoms with Gasteiger partial charge in [0.25, 0.3) is 0 Å². The molecule has 0 amide bonds. The Morgan fingerprint density at radius 2 is 1.67 bits per heavy atom. The Kier molecular flexibility index (Phi) is 4.52. The predicted molar refractivity (Wildman–Crippen MR) is 101 cm³/mol. The molecule has 6 heteroatoms. The standard InChI is InChI=1S/C21H25NO5/c1-24-17-6-5-12-9-16-14-10-18(25-2)21(27-4)19(23)13(14)7-8-22(16)11-15(12)20(17)26-3/h5-6,10,16,23H,7-9,11H2,1-4H3/t16-/m1/s1. The molecule has 0 radical (unpaired) electrons. The number of phenols is 1. The molecule has 0 saturated carbocycles. The van der Waals surface area contributed by atoms with E-state index in [4.69, 9.17) is 18.9 Å². The zero-order valence-electron chi connectivity index (χ0n) is 16.2. The molecule has 2 aliphatic heterocycles. The number of ether oxygens (including phenoxy) is 4. The Labute approximate surface area is 159 Å². The topological polar surface area (TPSA) is 60.4 Å². The summed E-state index contributed by atoms with van der Waals surface area (Å²) in [4.78, 5) is 2.43. The first-order chi connectivity index (χ1) is 13.1. The Morgan fingerprint density at radius 1 is 0.926 bits per heavy atom. The SMILES string of the molecule is COc1cc2c(c(O)c1OC)CCN1Cc3c(ccc(OC)c3OC)C[C@H]21. The Morgan fingerprint density at radius 3 is 2.33 bits per heavy atom. The van der Waals surface area contributed by atoms with E-state index in [0.29, 0.717) is 11.5 Å². The highest BCUT2D eigenvalue weighted by Crippen LogP contribution is 2.49. The van der Waals surface area contributed by atoms with Gasteiger partial charge in [0.1, 0.15) is 0 Å². The summed E-state index contributed by atoms with van der Waals surface area (Å²) in [5.74, 6) is 2.75. The number of aromatic hydroxyl groups is 1. The van der Waals surface area contributed by atoms with Crippen molar-refractivity contribution in [3.05, 3.63) is 40.5 Å². The third kappa shape index (κ3) is 2.67. The van der Waals surface area contributed by atoms with Crippen molar-refractivity contribution in [2.45, 2.75) is 25.4 Å². The number of rotatable bonds is 4. The Hall–Kier alpha value is -2.60. The van der Waals surface area contributed by atoms with Crippen LogP contribution in [0.25, 0.3) is 0 Å². The van der Waals surface area contributed by atoms with Crippen LogP contribution in [-0.2, 0) is 19.4 Å². The summed E-state index contributed by atoms with van der Waals surface area (Å²) in [6.07, 6.45) is 1.61. The molecule has 1 atom stereocenters. The van der Waals surface area contributed by atoms with Crippen LogP contribution in [0.15, 0.2) is 18.2 Å². The van der Waals surface area contributed by atoms with Crippen LogP contribution in [0.2, 0.25) is 0 Å². The molecule has 0 spiro atoms. The molecule has 2 aromatic rings. The van der Waals surface area contributed by atoms with Crippen LogP contribution in [0.5, 0.6) is 28.7 Å². The molecule has 6 nitrogen and oxygen atoms in total. The highest BCUT2D eigenvalue weighted by atomic mass is 16.5. The first-order valence-electron chi connectivity index (χ1n) is 9.06. The minimum Gasteiger partial charge on any atom is -0.504 e. The van der Waals surface area contributed by atoms with Crippen molar-refractivity contribution < 1.29 is 24.1 Å². The molecule has 0 fully saturated rings. The van der Waals surface area contributed by atoms with Gasteiger partial charge < -0.3 is 24.1 Å². The van der Waals surface area contributed by atoms with Crippen molar-refractivity contribution >= 4 is 0 Å². The third-order valence-electron chi connectivity index (χ3n) is 5.75. The average molecular weight is 371 g/mol. The van der Waals surface area contributed by atoms with Crippen molar-refractivity contribution in [2.75, 3.05) is 35.0 Å². The van der Waals surface area contributed by atoms with Gasteiger partial charge in [-0.2, -0.15) is 0 Å². The van der Waals surface area contributed by atoms with E-state index >= 15 is 0 Å². The molecule has 0 saturated heterocycles. The summed E-state index contributed by atoms with van der Waals surface area (Å²) in [7, 11) is 6.49. The van der Waals surface area contributed by atoms with Crippen LogP contribution < -0.4 is 18.9 Å². The summed E-state index contributed by atoms with van der Waals surface area (Å²) >= 11 is 0. The quantitative estimate of drug-likeness (QED) is 0.891. The minimum absolute atomic E-state index is 0.185. The number of hydrogen-bond donors (Lipinski definition) is 1. The fourth-order valence-corrected chi connectivity index (χ4v) is 4.44. The smallest absolute Gasteiger partial charge is 0.203 e. The van der Waals surface area contributed by atoms with Crippen molar-refractivity contribution in [3.63, 3.8) is 0 Å². The maximum atomic E-state index is 10.7. The molecule has 2 aliphatic rings. The fraction of sp³-hybridized carbons (Fsp3) is 0.429. The van der Waals surface area contributed by atoms with E-state index in [-0.39, 0.29) is 11.8 Å². The maximum absolute atomic E-state index is 10.7. The molecule has 0 aromatic heterocycles. The molecule has 2 heterocycles. The Balaban J connectivity index is 1.80. The monoisotopic (exact) mass is 371 g/mol. The van der Waals surface area contributed by atoms with Crippen molar-refractivity contribution in [1.29, 1.82) is 0 Å². The highest BCUT2D eigenvalue weighted by Gasteiger charge is 2.36. The van der Waals surface area contributed by atoms with E-state index in [0.717, 1.165) is 48.6 Å². The van der Waals surface area contributed by atoms with Crippen LogP contribution in [0.3, 0.4) is 0 Å². The summed E-state index contributed by atoms with van der Waals surface area (Å²) in [5.41, 5.74) is 4.49. The first kappa shape index (κ1) is 17.8. The fourth-order valence-electron chi connectivity index (χ4n) is 4.44. The van der Waals surface area contributed by atoms with Crippen molar-refractivity contribution in [2.24, 2.45) is 0 Å². The molecule has 0 bridgehead atoms. The van der Waals surface area contributed by atoms with Crippen molar-refractivity contribution in [3.8, 4) is 28.7 Å². The number of nitrogens with zero attached hydrogens (tertiary/aromatic N) is 1. The number of methoxy groups -OCH3 is 4. The van der Waals surface area contributed by atoms with Gasteiger partial charge in [-0.15, -0.1) is 0 Å². The lowest BCUT2D eigenvalue weighted by Gasteiger charge is -2.42. The lowest BCUT2D eigenvalue weighted by molar-refractivity contribution is 0.155. The van der Waals surface area contributed by atoms with Crippen LogP contribution >= 0.6 is 0 Å². The average Bonchev–Trinajstić information content (AvgIpc) is 2.70. The van der Waals surface area contributed by atoms with Gasteiger partial charge in [-0.3, -0.25) is 4.90 Å². The molecule has 27 heavy (non-hydrogen) atoms. The van der Waals surface area contributed by atoms with Gasteiger partial charge >= 0.3 is 0 Å². The van der Waals surface area contributed by atoms with E-state index in [2.05, 4.69) is 11.0 Å². The maximum Gasteiger partial charge on any atom is 0.203 e. The van der Waals surface area contributed by atoms with E-state index in [1.165, 1.54) is 11.1 Å². The molecular formula is C21H25NO5. The molecule has 0 aliphatic carbocycles. The second kappa shape index (κ2) is 6.85. The number of phenolic OH excluding ortho intramolecular Hbond substituents is 1. The van der Waals surface area contributed by atoms with E-state index < -0.39 is 0 Å². The number of fused-ring (bicyclic) bond motifs is 4. The zero-order valence-corrected chi connectivity index (χ0v) is 16.2. The van der Waals surface area contributed by atoms with Crippen LogP contribution in [0, 0.1) is 0 Å². The summed E-state index contributed by atoms with van der Waals surface area (Å²) < 4.78 is 21.9. The largest absolute Gasteiger partial charge is 0.504 e. The van der Waals surface area contributed by atoms with Crippen LogP contribution in [0.4, 0.5) is 0 Å². The van der Waals surface area contributed by atoms with E-state index in [1.54, 1.807) is 28.4 Å². The third-order valence-corrected chi connectivity index (χ3v) is 5.75. The lowest BCUT2D eigenvalue weighted by Crippen LogP contribution is -2.39. The summed E-state index contributed by atoms with van der Waals surface area (Å²) in [6.45, 7) is 1.65.